The lowest BCUT2D eigenvalue weighted by Crippen LogP contribution is -2.42. The first-order valence-electron chi connectivity index (χ1n) is 21.4. The number of H-pyrrole nitrogens is 1. The van der Waals surface area contributed by atoms with Crippen molar-refractivity contribution < 1.29 is 25.2 Å². The van der Waals surface area contributed by atoms with Crippen molar-refractivity contribution in [3.63, 3.8) is 0 Å². The fourth-order valence-corrected chi connectivity index (χ4v) is 10.8. The third-order valence-corrected chi connectivity index (χ3v) is 13.6. The SMILES string of the molecule is CCCCCC1C=CC(CCCCC2CCC(c3cc(C(C)CC(C)C)c[nH]3)C3CC(CC4=CCNC(N)=C4)CC3(O)CCC(O)C2C(=O)O)C(O)C1. The quantitative estimate of drug-likeness (QED) is 0.0663. The number of aromatic amines is 1. The number of aliphatic hydroxyl groups is 3. The number of allylic oxidation sites excluding steroid dienone is 3. The van der Waals surface area contributed by atoms with Gasteiger partial charge in [0.25, 0.3) is 0 Å². The van der Waals surface area contributed by atoms with Gasteiger partial charge in [0.2, 0.25) is 0 Å². The lowest BCUT2D eigenvalue weighted by Gasteiger charge is -2.39. The highest BCUT2D eigenvalue weighted by Gasteiger charge is 2.51. The number of dihydropyridines is 1. The zero-order valence-electron chi connectivity index (χ0n) is 33.3. The Kier molecular flexibility index (Phi) is 15.2. The molecule has 3 aliphatic carbocycles. The van der Waals surface area contributed by atoms with Gasteiger partial charge in [0.1, 0.15) is 0 Å². The maximum absolute atomic E-state index is 12.9. The Bertz CT molecular complexity index is 1400. The van der Waals surface area contributed by atoms with Gasteiger partial charge >= 0.3 is 5.97 Å². The maximum atomic E-state index is 12.9. The summed E-state index contributed by atoms with van der Waals surface area (Å²) in [6, 6.07) is 2.33. The monoisotopic (exact) mass is 736 g/mol. The maximum Gasteiger partial charge on any atom is 0.309 e. The summed E-state index contributed by atoms with van der Waals surface area (Å²) in [6.45, 7) is 9.74. The minimum Gasteiger partial charge on any atom is -0.481 e. The summed E-state index contributed by atoms with van der Waals surface area (Å²) < 4.78 is 0. The second-order valence-corrected chi connectivity index (χ2v) is 18.2. The molecule has 8 N–H and O–H groups in total. The normalized spacial score (nSPS) is 34.2. The lowest BCUT2D eigenvalue weighted by molar-refractivity contribution is -0.150. The van der Waals surface area contributed by atoms with Crippen molar-refractivity contribution >= 4 is 5.97 Å². The van der Waals surface area contributed by atoms with Crippen LogP contribution in [-0.2, 0) is 4.79 Å². The van der Waals surface area contributed by atoms with E-state index in [2.05, 4.69) is 68.5 Å². The van der Waals surface area contributed by atoms with E-state index in [1.807, 2.05) is 6.08 Å². The topological polar surface area (TPSA) is 152 Å². The summed E-state index contributed by atoms with van der Waals surface area (Å²) in [7, 11) is 0. The first kappa shape index (κ1) is 41.6. The van der Waals surface area contributed by atoms with Crippen molar-refractivity contribution in [2.45, 2.75) is 166 Å². The predicted octanol–water partition coefficient (Wildman–Crippen LogP) is 8.67. The Morgan fingerprint density at radius 3 is 2.49 bits per heavy atom. The summed E-state index contributed by atoms with van der Waals surface area (Å²) in [5.41, 5.74) is 8.78. The van der Waals surface area contributed by atoms with E-state index >= 15 is 0 Å². The largest absolute Gasteiger partial charge is 0.481 e. The lowest BCUT2D eigenvalue weighted by atomic mass is 9.69. The van der Waals surface area contributed by atoms with Crippen LogP contribution in [-0.4, -0.2) is 55.7 Å². The molecule has 2 saturated carbocycles. The van der Waals surface area contributed by atoms with E-state index in [0.717, 1.165) is 69.9 Å². The molecule has 0 amide bonds. The standard InChI is InChI=1S/C45H73N3O5/c1-5-6-7-10-31-13-14-34(41(50)24-31)11-8-9-12-35-15-16-37(39-26-36(28-48-39)30(4)21-29(2)3)38-23-33(22-32-18-20-47-42(46)25-32)27-45(38,53)19-17-40(49)43(35)44(51)52/h13-14,18,25-26,28-31,33-35,37-38,40-41,43,47-50,53H,5-12,15-17,19-24,27,46H2,1-4H3,(H,51,52). The van der Waals surface area contributed by atoms with E-state index in [1.54, 1.807) is 0 Å². The number of carbonyl (C=O) groups is 1. The van der Waals surface area contributed by atoms with Crippen LogP contribution in [0.3, 0.4) is 0 Å². The molecule has 11 unspecified atom stereocenters. The molecule has 0 spiro atoms. The fraction of sp³-hybridized carbons (Fsp3) is 0.756. The Hall–Kier alpha value is -2.55. The molecule has 2 fully saturated rings. The van der Waals surface area contributed by atoms with Gasteiger partial charge in [-0.1, -0.05) is 78.0 Å². The van der Waals surface area contributed by atoms with Crippen LogP contribution in [0.1, 0.15) is 160 Å². The molecule has 4 aliphatic rings. The summed E-state index contributed by atoms with van der Waals surface area (Å²) in [5, 5.41) is 48.8. The molecule has 298 valence electrons. The molecular formula is C45H73N3O5. The van der Waals surface area contributed by atoms with E-state index in [1.165, 1.54) is 30.4 Å². The summed E-state index contributed by atoms with van der Waals surface area (Å²) in [5.74, 6) is 0.702. The van der Waals surface area contributed by atoms with Crippen molar-refractivity contribution in [1.29, 1.82) is 0 Å². The van der Waals surface area contributed by atoms with Crippen LogP contribution in [0.5, 0.6) is 0 Å². The number of unbranched alkanes of at least 4 members (excludes halogenated alkanes) is 3. The van der Waals surface area contributed by atoms with Crippen LogP contribution in [0, 0.1) is 41.4 Å². The van der Waals surface area contributed by atoms with E-state index in [9.17, 15) is 25.2 Å². The summed E-state index contributed by atoms with van der Waals surface area (Å²) in [6.07, 6.45) is 24.3. The highest BCUT2D eigenvalue weighted by atomic mass is 16.4. The van der Waals surface area contributed by atoms with Crippen molar-refractivity contribution in [2.24, 2.45) is 47.2 Å². The average molecular weight is 736 g/mol. The van der Waals surface area contributed by atoms with Crippen molar-refractivity contribution in [2.75, 3.05) is 6.54 Å². The van der Waals surface area contributed by atoms with Crippen molar-refractivity contribution in [3.05, 3.63) is 59.2 Å². The number of rotatable bonds is 16. The van der Waals surface area contributed by atoms with Gasteiger partial charge in [0.05, 0.1) is 29.5 Å². The van der Waals surface area contributed by atoms with Crippen LogP contribution in [0.2, 0.25) is 0 Å². The molecule has 1 aromatic rings. The number of aliphatic hydroxyl groups excluding tert-OH is 2. The van der Waals surface area contributed by atoms with Gasteiger partial charge in [-0.3, -0.25) is 4.79 Å². The van der Waals surface area contributed by atoms with E-state index in [-0.39, 0.29) is 42.1 Å². The first-order chi connectivity index (χ1) is 25.4. The minimum atomic E-state index is -1.01. The average Bonchev–Trinajstić information content (AvgIpc) is 3.71. The second-order valence-electron chi connectivity index (χ2n) is 18.2. The highest BCUT2D eigenvalue weighted by Crippen LogP contribution is 2.54. The molecule has 0 aromatic carbocycles. The van der Waals surface area contributed by atoms with E-state index in [0.29, 0.717) is 49.4 Å². The molecule has 2 heterocycles. The van der Waals surface area contributed by atoms with Crippen LogP contribution >= 0.6 is 0 Å². The smallest absolute Gasteiger partial charge is 0.309 e. The minimum absolute atomic E-state index is 0.00245. The number of hydrogen-bond donors (Lipinski definition) is 7. The first-order valence-corrected chi connectivity index (χ1v) is 21.4. The Labute approximate surface area is 320 Å². The molecule has 0 saturated heterocycles. The molecule has 0 bridgehead atoms. The number of aliphatic carboxylic acids is 1. The van der Waals surface area contributed by atoms with E-state index in [4.69, 9.17) is 5.73 Å². The highest BCUT2D eigenvalue weighted by molar-refractivity contribution is 5.71. The summed E-state index contributed by atoms with van der Waals surface area (Å²) in [4.78, 5) is 16.6. The zero-order valence-corrected chi connectivity index (χ0v) is 33.3. The second kappa shape index (κ2) is 19.4. The van der Waals surface area contributed by atoms with Gasteiger partial charge in [-0.2, -0.15) is 0 Å². The molecule has 1 aliphatic heterocycles. The van der Waals surface area contributed by atoms with Crippen LogP contribution in [0.25, 0.3) is 0 Å². The molecule has 5 rings (SSSR count). The summed E-state index contributed by atoms with van der Waals surface area (Å²) >= 11 is 0. The molecule has 11 atom stereocenters. The molecule has 8 heteroatoms. The van der Waals surface area contributed by atoms with Gasteiger partial charge < -0.3 is 36.5 Å². The van der Waals surface area contributed by atoms with Crippen LogP contribution < -0.4 is 11.1 Å². The number of fused-ring (bicyclic) bond motifs is 1. The zero-order chi connectivity index (χ0) is 38.1. The van der Waals surface area contributed by atoms with Crippen molar-refractivity contribution in [3.8, 4) is 0 Å². The number of carboxylic acid groups (broad SMARTS) is 1. The van der Waals surface area contributed by atoms with Gasteiger partial charge in [-0.15, -0.1) is 0 Å². The molecule has 1 aromatic heterocycles. The molecule has 8 nitrogen and oxygen atoms in total. The third kappa shape index (κ3) is 11.3. The predicted molar refractivity (Wildman–Crippen MR) is 214 cm³/mol. The molecular weight excluding hydrogens is 663 g/mol. The van der Waals surface area contributed by atoms with Gasteiger partial charge in [-0.05, 0) is 136 Å². The number of carboxylic acids is 1. The van der Waals surface area contributed by atoms with E-state index < -0.39 is 23.6 Å². The third-order valence-electron chi connectivity index (χ3n) is 13.6. The Morgan fingerprint density at radius 2 is 1.77 bits per heavy atom. The van der Waals surface area contributed by atoms with Crippen LogP contribution in [0.4, 0.5) is 0 Å². The number of aromatic nitrogens is 1. The van der Waals surface area contributed by atoms with Gasteiger partial charge in [0, 0.05) is 30.3 Å². The number of hydrogen-bond acceptors (Lipinski definition) is 6. The van der Waals surface area contributed by atoms with Crippen LogP contribution in [0.15, 0.2) is 48.0 Å². The number of nitrogens with one attached hydrogen (secondary N) is 2. The van der Waals surface area contributed by atoms with Crippen molar-refractivity contribution in [1.82, 2.24) is 10.3 Å². The van der Waals surface area contributed by atoms with Gasteiger partial charge in [0.15, 0.2) is 0 Å². The number of nitrogens with two attached hydrogens (primary N) is 1. The Balaban J connectivity index is 1.33. The fourth-order valence-electron chi connectivity index (χ4n) is 10.8. The molecule has 53 heavy (non-hydrogen) atoms. The Morgan fingerprint density at radius 1 is 1.00 bits per heavy atom. The molecule has 0 radical (unpaired) electrons. The van der Waals surface area contributed by atoms with Gasteiger partial charge in [-0.25, -0.2) is 0 Å².